The second kappa shape index (κ2) is 17.2. The molecule has 0 saturated heterocycles. The number of nitrogens with zero attached hydrogens (tertiary/aromatic N) is 1. The van der Waals surface area contributed by atoms with Gasteiger partial charge in [-0.3, -0.25) is 0 Å². The second-order valence-electron chi connectivity index (χ2n) is 19.4. The quantitative estimate of drug-likeness (QED) is 0.154. The normalized spacial score (nSPS) is 12.3. The fourth-order valence-electron chi connectivity index (χ4n) is 12.4. The molecule has 5 aromatic heterocycles. The number of hydrogen-bond donors (Lipinski definition) is 0. The van der Waals surface area contributed by atoms with Crippen molar-refractivity contribution in [2.45, 2.75) is 6.42 Å². The Balaban J connectivity index is 0.000000114. The average Bonchev–Trinajstić information content (AvgIpc) is 4.33. The Morgan fingerprint density at radius 1 is 0.320 bits per heavy atom. The summed E-state index contributed by atoms with van der Waals surface area (Å²) in [6, 6.07) is 83.8. The molecule has 17 aromatic rings. The molecule has 0 spiro atoms. The molecule has 1 nitrogen and oxygen atoms in total. The minimum atomic E-state index is 1.03. The molecule has 0 saturated carbocycles. The van der Waals surface area contributed by atoms with Gasteiger partial charge in [0.1, 0.15) is 0 Å². The Hall–Kier alpha value is -7.68. The highest BCUT2D eigenvalue weighted by Crippen LogP contribution is 2.55. The lowest BCUT2D eigenvalue weighted by Crippen LogP contribution is -1.94. The lowest BCUT2D eigenvalue weighted by Gasteiger charge is -2.12. The van der Waals surface area contributed by atoms with E-state index in [0.717, 1.165) is 10.9 Å². The van der Waals surface area contributed by atoms with Crippen molar-refractivity contribution in [1.82, 2.24) is 4.57 Å². The van der Waals surface area contributed by atoms with Crippen LogP contribution in [0.5, 0.6) is 0 Å². The van der Waals surface area contributed by atoms with E-state index in [-0.39, 0.29) is 0 Å². The number of aromatic nitrogens is 1. The van der Waals surface area contributed by atoms with Gasteiger partial charge in [-0.05, 0) is 95.2 Å². The van der Waals surface area contributed by atoms with Crippen LogP contribution in [0.3, 0.4) is 0 Å². The van der Waals surface area contributed by atoms with E-state index in [2.05, 4.69) is 221 Å². The molecule has 75 heavy (non-hydrogen) atoms. The lowest BCUT2D eigenvalue weighted by molar-refractivity contribution is 1.19. The largest absolute Gasteiger partial charge is 0.309 e. The maximum absolute atomic E-state index is 3.31. The summed E-state index contributed by atoms with van der Waals surface area (Å²) >= 11 is 11.0. The maximum Gasteiger partial charge on any atom is 0.0634 e. The Kier molecular flexibility index (Phi) is 10.0. The van der Waals surface area contributed by atoms with Gasteiger partial charge in [0, 0.05) is 123 Å². The SMILES string of the molecule is Brc1ccccc1.c1ccc(-n2c3ccccc3c3c4sc5ccccc5c4c4c(ccc5sc6ccccc6c54)c32)cc1.c1ccc2c(c1)Cc1c-2c2sc3ccccc3c2c2c1ccc1sc3ccccc3c12. The van der Waals surface area contributed by atoms with Gasteiger partial charge < -0.3 is 4.57 Å². The molecule has 0 amide bonds. The third-order valence-electron chi connectivity index (χ3n) is 15.4. The fraction of sp³-hybridized carbons (Fsp3) is 0.0145. The number of rotatable bonds is 1. The van der Waals surface area contributed by atoms with Crippen molar-refractivity contribution in [2.75, 3.05) is 0 Å². The van der Waals surface area contributed by atoms with E-state index in [4.69, 9.17) is 0 Å². The van der Waals surface area contributed by atoms with Crippen LogP contribution in [0.25, 0.3) is 141 Å². The van der Waals surface area contributed by atoms with E-state index in [9.17, 15) is 0 Å². The predicted molar refractivity (Wildman–Crippen MR) is 336 cm³/mol. The van der Waals surface area contributed by atoms with Crippen molar-refractivity contribution in [3.8, 4) is 16.8 Å². The van der Waals surface area contributed by atoms with Gasteiger partial charge in [-0.25, -0.2) is 0 Å². The summed E-state index contributed by atoms with van der Waals surface area (Å²) in [6.07, 6.45) is 1.03. The first-order chi connectivity index (χ1) is 37.2. The van der Waals surface area contributed by atoms with Crippen LogP contribution in [0.2, 0.25) is 0 Å². The first-order valence-electron chi connectivity index (χ1n) is 25.3. The molecule has 1 aliphatic rings. The Labute approximate surface area is 455 Å². The smallest absolute Gasteiger partial charge is 0.0634 e. The number of hydrogen-bond acceptors (Lipinski definition) is 4. The van der Waals surface area contributed by atoms with Crippen molar-refractivity contribution in [1.29, 1.82) is 0 Å². The minimum absolute atomic E-state index is 1.03. The van der Waals surface area contributed by atoms with Crippen molar-refractivity contribution in [3.05, 3.63) is 246 Å². The van der Waals surface area contributed by atoms with Gasteiger partial charge in [0.25, 0.3) is 0 Å². The molecule has 5 heterocycles. The molecule has 0 radical (unpaired) electrons. The minimum Gasteiger partial charge on any atom is -0.309 e. The van der Waals surface area contributed by atoms with Crippen LogP contribution in [0.15, 0.2) is 235 Å². The molecule has 12 aromatic carbocycles. The van der Waals surface area contributed by atoms with Gasteiger partial charge in [0.05, 0.1) is 11.0 Å². The zero-order chi connectivity index (χ0) is 49.3. The third-order valence-corrected chi connectivity index (χ3v) is 20.6. The number of benzene rings is 12. The highest BCUT2D eigenvalue weighted by molar-refractivity contribution is 9.10. The molecule has 6 heteroatoms. The molecule has 0 fully saturated rings. The molecule has 0 bridgehead atoms. The average molecular weight is 1090 g/mol. The first-order valence-corrected chi connectivity index (χ1v) is 29.4. The summed E-state index contributed by atoms with van der Waals surface area (Å²) in [5.74, 6) is 0. The molecule has 1 aliphatic carbocycles. The van der Waals surface area contributed by atoms with Gasteiger partial charge in [0.15, 0.2) is 0 Å². The molecule has 0 aliphatic heterocycles. The lowest BCUT2D eigenvalue weighted by atomic mass is 9.92. The predicted octanol–water partition coefficient (Wildman–Crippen LogP) is 22.3. The fourth-order valence-corrected chi connectivity index (χ4v) is 17.5. The molecule has 0 unspecified atom stereocenters. The van der Waals surface area contributed by atoms with Crippen molar-refractivity contribution in [2.24, 2.45) is 0 Å². The summed E-state index contributed by atoms with van der Waals surface area (Å²) < 4.78 is 14.7. The number of para-hydroxylation sites is 2. The Bertz CT molecular complexity index is 5170. The summed E-state index contributed by atoms with van der Waals surface area (Å²) in [7, 11) is 0. The van der Waals surface area contributed by atoms with E-state index in [1.54, 1.807) is 0 Å². The van der Waals surface area contributed by atoms with Gasteiger partial charge in [-0.2, -0.15) is 0 Å². The number of thiophene rings is 4. The highest BCUT2D eigenvalue weighted by Gasteiger charge is 2.28. The van der Waals surface area contributed by atoms with Gasteiger partial charge in [0.2, 0.25) is 0 Å². The Morgan fingerprint density at radius 2 is 0.787 bits per heavy atom. The monoisotopic (exact) mass is 1090 g/mol. The van der Waals surface area contributed by atoms with E-state index in [1.807, 2.05) is 75.7 Å². The van der Waals surface area contributed by atoms with Crippen LogP contribution in [-0.2, 0) is 6.42 Å². The summed E-state index contributed by atoms with van der Waals surface area (Å²) in [6.45, 7) is 0. The summed E-state index contributed by atoms with van der Waals surface area (Å²) in [5, 5.41) is 19.4. The van der Waals surface area contributed by atoms with Gasteiger partial charge >= 0.3 is 0 Å². The van der Waals surface area contributed by atoms with Gasteiger partial charge in [-0.15, -0.1) is 45.3 Å². The molecular formula is C69H40BrNS4. The molecule has 352 valence electrons. The zero-order valence-corrected chi connectivity index (χ0v) is 45.0. The van der Waals surface area contributed by atoms with Crippen LogP contribution in [-0.4, -0.2) is 4.57 Å². The van der Waals surface area contributed by atoms with Crippen molar-refractivity contribution >= 4 is 185 Å². The highest BCUT2D eigenvalue weighted by atomic mass is 79.9. The number of fused-ring (bicyclic) bond motifs is 28. The van der Waals surface area contributed by atoms with Crippen molar-refractivity contribution < 1.29 is 0 Å². The Morgan fingerprint density at radius 3 is 1.40 bits per heavy atom. The summed E-state index contributed by atoms with van der Waals surface area (Å²) in [5.41, 5.74) is 9.62. The van der Waals surface area contributed by atoms with Crippen LogP contribution in [0.4, 0.5) is 0 Å². The molecule has 0 N–H and O–H groups in total. The first kappa shape index (κ1) is 43.7. The second-order valence-corrected chi connectivity index (χ2v) is 24.6. The van der Waals surface area contributed by atoms with Crippen molar-refractivity contribution in [3.63, 3.8) is 0 Å². The van der Waals surface area contributed by atoms with Crippen LogP contribution >= 0.6 is 61.3 Å². The molecule has 18 rings (SSSR count). The standard InChI is InChI=1S/C34H19NS2.C29H16S2.C6H5Br/c1-2-10-20(11-3-1)35-25-15-7-4-12-21(25)32-33(35)24-18-19-28-29(22-13-5-8-16-26(22)36-28)30(24)31-23-14-6-9-17-27(23)37-34(31)32;1-2-8-17-16(7-1)15-21-18-13-14-24-26(19-9-3-5-11-22(19)30-24)27(18)28-20-10-4-6-12-23(20)31-29(28)25(17)21;7-6-4-2-1-3-5-6/h1-19H;1-14H,15H2;1-5H. The van der Waals surface area contributed by atoms with Gasteiger partial charge in [-0.1, -0.05) is 180 Å². The topological polar surface area (TPSA) is 4.93 Å². The molecule has 0 atom stereocenters. The molecular weight excluding hydrogens is 1050 g/mol. The number of halogens is 1. The van der Waals surface area contributed by atoms with E-state index in [0.29, 0.717) is 0 Å². The van der Waals surface area contributed by atoms with Crippen LogP contribution in [0.1, 0.15) is 11.1 Å². The summed E-state index contributed by atoms with van der Waals surface area (Å²) in [4.78, 5) is 0. The van der Waals surface area contributed by atoms with E-state index >= 15 is 0 Å². The van der Waals surface area contributed by atoms with Crippen LogP contribution in [0, 0.1) is 0 Å². The third kappa shape index (κ3) is 6.57. The maximum atomic E-state index is 3.31. The van der Waals surface area contributed by atoms with Crippen LogP contribution < -0.4 is 0 Å². The van der Waals surface area contributed by atoms with E-state index in [1.165, 1.54) is 152 Å². The zero-order valence-electron chi connectivity index (χ0n) is 40.1. The van der Waals surface area contributed by atoms with E-state index < -0.39 is 0 Å².